The first kappa shape index (κ1) is 16.5. The third kappa shape index (κ3) is 4.29. The number of carbonyl (C=O) groups is 2. The topological polar surface area (TPSA) is 88.3 Å². The lowest BCUT2D eigenvalue weighted by Gasteiger charge is -2.23. The van der Waals surface area contributed by atoms with E-state index < -0.39 is 6.03 Å². The minimum Gasteiger partial charge on any atom is -0.351 e. The summed E-state index contributed by atoms with van der Waals surface area (Å²) < 4.78 is 0. The summed E-state index contributed by atoms with van der Waals surface area (Å²) in [5, 5.41) is 2.96. The van der Waals surface area contributed by atoms with Gasteiger partial charge in [0.05, 0.1) is 6.04 Å². The zero-order chi connectivity index (χ0) is 16.8. The number of likely N-dealkylation sites (N-methyl/N-ethyl adjacent to an activating group) is 1. The van der Waals surface area contributed by atoms with Gasteiger partial charge in [-0.15, -0.1) is 0 Å². The molecule has 3 N–H and O–H groups in total. The molecule has 6 nitrogen and oxygen atoms in total. The van der Waals surface area contributed by atoms with Crippen molar-refractivity contribution in [2.24, 2.45) is 5.73 Å². The lowest BCUT2D eigenvalue weighted by molar-refractivity contribution is -0.121. The number of urea groups is 1. The lowest BCUT2D eigenvalue weighted by Crippen LogP contribution is -2.42. The first-order chi connectivity index (χ1) is 11.0. The van der Waals surface area contributed by atoms with Gasteiger partial charge in [-0.2, -0.15) is 0 Å². The van der Waals surface area contributed by atoms with Gasteiger partial charge in [0.1, 0.15) is 6.54 Å². The Hall–Kier alpha value is -2.89. The zero-order valence-electron chi connectivity index (χ0n) is 13.2. The Morgan fingerprint density at radius 1 is 1.22 bits per heavy atom. The highest BCUT2D eigenvalue weighted by atomic mass is 16.2. The van der Waals surface area contributed by atoms with Gasteiger partial charge < -0.3 is 16.0 Å². The molecule has 0 aliphatic heterocycles. The fraction of sp³-hybridized carbons (Fsp3) is 0.235. The number of aromatic nitrogens is 1. The van der Waals surface area contributed by atoms with Crippen LogP contribution >= 0.6 is 0 Å². The summed E-state index contributed by atoms with van der Waals surface area (Å²) in [6, 6.07) is 10.6. The monoisotopic (exact) mass is 312 g/mol. The number of primary amides is 1. The van der Waals surface area contributed by atoms with Crippen molar-refractivity contribution in [1.29, 1.82) is 0 Å². The minimum atomic E-state index is -0.642. The molecule has 0 unspecified atom stereocenters. The lowest BCUT2D eigenvalue weighted by atomic mass is 9.95. The fourth-order valence-corrected chi connectivity index (χ4v) is 2.31. The van der Waals surface area contributed by atoms with Crippen molar-refractivity contribution in [3.63, 3.8) is 0 Å². The summed E-state index contributed by atoms with van der Waals surface area (Å²) in [4.78, 5) is 28.5. The average molecular weight is 312 g/mol. The van der Waals surface area contributed by atoms with Gasteiger partial charge in [0.15, 0.2) is 0 Å². The first-order valence-electron chi connectivity index (χ1n) is 7.24. The van der Waals surface area contributed by atoms with E-state index in [1.165, 1.54) is 7.05 Å². The van der Waals surface area contributed by atoms with Gasteiger partial charge in [0, 0.05) is 19.4 Å². The number of aryl methyl sites for hydroxylation is 1. The number of hydrogen-bond acceptors (Lipinski definition) is 3. The van der Waals surface area contributed by atoms with E-state index in [4.69, 9.17) is 5.73 Å². The SMILES string of the molecule is Cc1ccccc1[C@@H](NC(=O)CN(C)C(N)=O)c1ccncc1. The van der Waals surface area contributed by atoms with E-state index in [1.54, 1.807) is 12.4 Å². The molecule has 0 saturated carbocycles. The van der Waals surface area contributed by atoms with Crippen LogP contribution in [0.1, 0.15) is 22.7 Å². The highest BCUT2D eigenvalue weighted by molar-refractivity contribution is 5.83. The van der Waals surface area contributed by atoms with E-state index in [9.17, 15) is 9.59 Å². The van der Waals surface area contributed by atoms with Crippen LogP contribution < -0.4 is 11.1 Å². The van der Waals surface area contributed by atoms with Crippen molar-refractivity contribution in [2.75, 3.05) is 13.6 Å². The Morgan fingerprint density at radius 2 is 1.87 bits per heavy atom. The predicted molar refractivity (Wildman–Crippen MR) is 87.6 cm³/mol. The van der Waals surface area contributed by atoms with Crippen molar-refractivity contribution in [3.05, 3.63) is 65.5 Å². The van der Waals surface area contributed by atoms with Crippen LogP contribution in [0.25, 0.3) is 0 Å². The molecule has 0 spiro atoms. The number of nitrogens with zero attached hydrogens (tertiary/aromatic N) is 2. The second-order valence-electron chi connectivity index (χ2n) is 5.33. The number of pyridine rings is 1. The molecular formula is C17H20N4O2. The van der Waals surface area contributed by atoms with Crippen molar-refractivity contribution >= 4 is 11.9 Å². The van der Waals surface area contributed by atoms with Crippen LogP contribution in [0.2, 0.25) is 0 Å². The first-order valence-corrected chi connectivity index (χ1v) is 7.24. The summed E-state index contributed by atoms with van der Waals surface area (Å²) in [6.07, 6.45) is 3.37. The molecule has 1 heterocycles. The maximum absolute atomic E-state index is 12.3. The summed E-state index contributed by atoms with van der Waals surface area (Å²) >= 11 is 0. The molecule has 6 heteroatoms. The van der Waals surface area contributed by atoms with Gasteiger partial charge in [0.2, 0.25) is 5.91 Å². The van der Waals surface area contributed by atoms with Crippen LogP contribution in [0.3, 0.4) is 0 Å². The zero-order valence-corrected chi connectivity index (χ0v) is 13.2. The molecule has 0 radical (unpaired) electrons. The van der Waals surface area contributed by atoms with Crippen molar-refractivity contribution < 1.29 is 9.59 Å². The number of nitrogens with two attached hydrogens (primary N) is 1. The number of rotatable bonds is 5. The Bertz CT molecular complexity index is 688. The van der Waals surface area contributed by atoms with E-state index >= 15 is 0 Å². The molecular weight excluding hydrogens is 292 g/mol. The van der Waals surface area contributed by atoms with Gasteiger partial charge in [0.25, 0.3) is 0 Å². The van der Waals surface area contributed by atoms with E-state index in [0.717, 1.165) is 21.6 Å². The molecule has 0 aliphatic carbocycles. The van der Waals surface area contributed by atoms with E-state index in [0.29, 0.717) is 0 Å². The van der Waals surface area contributed by atoms with Gasteiger partial charge in [-0.25, -0.2) is 4.79 Å². The number of amides is 3. The smallest absolute Gasteiger partial charge is 0.314 e. The summed E-state index contributed by atoms with van der Waals surface area (Å²) in [6.45, 7) is 1.90. The second-order valence-corrected chi connectivity index (χ2v) is 5.33. The molecule has 1 aromatic carbocycles. The predicted octanol–water partition coefficient (Wildman–Crippen LogP) is 1.61. The summed E-state index contributed by atoms with van der Waals surface area (Å²) in [5.41, 5.74) is 8.14. The third-order valence-electron chi connectivity index (χ3n) is 3.60. The molecule has 0 aliphatic rings. The highest BCUT2D eigenvalue weighted by Crippen LogP contribution is 2.24. The van der Waals surface area contributed by atoms with Crippen LogP contribution in [-0.4, -0.2) is 35.4 Å². The molecule has 0 saturated heterocycles. The Morgan fingerprint density at radius 3 is 2.48 bits per heavy atom. The number of nitrogens with one attached hydrogen (secondary N) is 1. The van der Waals surface area contributed by atoms with Gasteiger partial charge in [-0.1, -0.05) is 24.3 Å². The largest absolute Gasteiger partial charge is 0.351 e. The normalized spacial score (nSPS) is 11.6. The van der Waals surface area contributed by atoms with Gasteiger partial charge >= 0.3 is 6.03 Å². The van der Waals surface area contributed by atoms with Crippen molar-refractivity contribution in [2.45, 2.75) is 13.0 Å². The standard InChI is InChI=1S/C17H20N4O2/c1-12-5-3-4-6-14(12)16(13-7-9-19-10-8-13)20-15(22)11-21(2)17(18)23/h3-10,16H,11H2,1-2H3,(H2,18,23)(H,20,22)/t16-/m0/s1. The maximum atomic E-state index is 12.3. The highest BCUT2D eigenvalue weighted by Gasteiger charge is 2.19. The second kappa shape index (κ2) is 7.40. The molecule has 0 fully saturated rings. The minimum absolute atomic E-state index is 0.0944. The van der Waals surface area contributed by atoms with Gasteiger partial charge in [-0.05, 0) is 35.7 Å². The molecule has 2 aromatic rings. The maximum Gasteiger partial charge on any atom is 0.314 e. The van der Waals surface area contributed by atoms with Crippen LogP contribution in [0.5, 0.6) is 0 Å². The van der Waals surface area contributed by atoms with Crippen LogP contribution in [0.4, 0.5) is 4.79 Å². The Balaban J connectivity index is 2.27. The summed E-state index contributed by atoms with van der Waals surface area (Å²) in [5.74, 6) is -0.281. The molecule has 0 bridgehead atoms. The average Bonchev–Trinajstić information content (AvgIpc) is 2.54. The number of carbonyl (C=O) groups excluding carboxylic acids is 2. The van der Waals surface area contributed by atoms with Crippen LogP contribution in [-0.2, 0) is 4.79 Å². The third-order valence-corrected chi connectivity index (χ3v) is 3.60. The quantitative estimate of drug-likeness (QED) is 0.879. The van der Waals surface area contributed by atoms with Crippen molar-refractivity contribution in [3.8, 4) is 0 Å². The molecule has 120 valence electrons. The van der Waals surface area contributed by atoms with E-state index in [2.05, 4.69) is 10.3 Å². The van der Waals surface area contributed by atoms with Gasteiger partial charge in [-0.3, -0.25) is 9.78 Å². The Kier molecular flexibility index (Phi) is 5.30. The number of benzene rings is 1. The molecule has 3 amide bonds. The fourth-order valence-electron chi connectivity index (χ4n) is 2.31. The summed E-state index contributed by atoms with van der Waals surface area (Å²) in [7, 11) is 1.48. The van der Waals surface area contributed by atoms with Crippen LogP contribution in [0.15, 0.2) is 48.8 Å². The number of hydrogen-bond donors (Lipinski definition) is 2. The van der Waals surface area contributed by atoms with E-state index in [1.807, 2.05) is 43.3 Å². The Labute approximate surface area is 135 Å². The van der Waals surface area contributed by atoms with Crippen LogP contribution in [0, 0.1) is 6.92 Å². The van der Waals surface area contributed by atoms with Crippen molar-refractivity contribution in [1.82, 2.24) is 15.2 Å². The molecule has 2 rings (SSSR count). The molecule has 1 atom stereocenters. The molecule has 1 aromatic heterocycles. The molecule has 23 heavy (non-hydrogen) atoms. The van der Waals surface area contributed by atoms with E-state index in [-0.39, 0.29) is 18.5 Å².